The minimum absolute atomic E-state index is 0.0957. The fourth-order valence-corrected chi connectivity index (χ4v) is 2.14. The molecule has 0 bridgehead atoms. The van der Waals surface area contributed by atoms with E-state index < -0.39 is 0 Å². The van der Waals surface area contributed by atoms with Gasteiger partial charge in [0.05, 0.1) is 6.17 Å². The lowest BCUT2D eigenvalue weighted by Crippen LogP contribution is -2.51. The number of nitrogens with two attached hydrogens (primary N) is 2. The predicted octanol–water partition coefficient (Wildman–Crippen LogP) is 2.30. The second-order valence-electron chi connectivity index (χ2n) is 5.15. The van der Waals surface area contributed by atoms with Crippen molar-refractivity contribution in [2.45, 2.75) is 58.2 Å². The van der Waals surface area contributed by atoms with Gasteiger partial charge in [-0.1, -0.05) is 26.2 Å². The van der Waals surface area contributed by atoms with Gasteiger partial charge in [-0.25, -0.2) is 0 Å². The molecule has 1 unspecified atom stereocenters. The Morgan fingerprint density at radius 1 is 1.38 bits per heavy atom. The summed E-state index contributed by atoms with van der Waals surface area (Å²) in [5.41, 5.74) is 12.7. The summed E-state index contributed by atoms with van der Waals surface area (Å²) in [7, 11) is 0. The van der Waals surface area contributed by atoms with Gasteiger partial charge >= 0.3 is 0 Å². The third-order valence-electron chi connectivity index (χ3n) is 3.20. The fourth-order valence-electron chi connectivity index (χ4n) is 2.14. The first kappa shape index (κ1) is 13.1. The van der Waals surface area contributed by atoms with Gasteiger partial charge in [-0.05, 0) is 32.4 Å². The number of hydrogen-bond acceptors (Lipinski definition) is 3. The molecule has 92 valence electrons. The van der Waals surface area contributed by atoms with Crippen LogP contribution < -0.4 is 11.5 Å². The Labute approximate surface area is 99.2 Å². The Kier molecular flexibility index (Phi) is 4.42. The molecule has 0 amide bonds. The maximum Gasteiger partial charge on any atom is 0.0984 e. The average Bonchev–Trinajstić information content (AvgIpc) is 2.17. The van der Waals surface area contributed by atoms with Crippen LogP contribution in [0.15, 0.2) is 24.0 Å². The van der Waals surface area contributed by atoms with Crippen molar-refractivity contribution in [3.63, 3.8) is 0 Å². The van der Waals surface area contributed by atoms with Crippen LogP contribution >= 0.6 is 0 Å². The van der Waals surface area contributed by atoms with Crippen molar-refractivity contribution in [1.82, 2.24) is 4.90 Å². The summed E-state index contributed by atoms with van der Waals surface area (Å²) in [6, 6.07) is 0. The normalized spacial score (nSPS) is 21.1. The van der Waals surface area contributed by atoms with E-state index in [1.165, 1.54) is 19.3 Å². The standard InChI is InChI=1S/C13H25N3/c1-4-5-6-8-13(2,3)16-9-7-11(14)10-12(16)15/h7,9-10,12H,4-6,8,14-15H2,1-3H3. The lowest BCUT2D eigenvalue weighted by atomic mass is 9.93. The van der Waals surface area contributed by atoms with Crippen LogP contribution in [0.2, 0.25) is 0 Å². The highest BCUT2D eigenvalue weighted by atomic mass is 15.3. The second kappa shape index (κ2) is 5.39. The van der Waals surface area contributed by atoms with Gasteiger partial charge in [-0.3, -0.25) is 0 Å². The lowest BCUT2D eigenvalue weighted by molar-refractivity contribution is 0.138. The molecule has 16 heavy (non-hydrogen) atoms. The third-order valence-corrected chi connectivity index (χ3v) is 3.20. The first-order valence-corrected chi connectivity index (χ1v) is 6.17. The third kappa shape index (κ3) is 3.27. The predicted molar refractivity (Wildman–Crippen MR) is 69.4 cm³/mol. The van der Waals surface area contributed by atoms with E-state index >= 15 is 0 Å². The molecule has 1 atom stereocenters. The molecule has 1 aliphatic heterocycles. The van der Waals surface area contributed by atoms with E-state index in [2.05, 4.69) is 25.7 Å². The Hall–Kier alpha value is -0.960. The van der Waals surface area contributed by atoms with E-state index in [4.69, 9.17) is 11.5 Å². The number of rotatable bonds is 5. The maximum absolute atomic E-state index is 6.08. The molecule has 0 saturated heterocycles. The molecule has 0 aliphatic carbocycles. The summed E-state index contributed by atoms with van der Waals surface area (Å²) in [5, 5.41) is 0. The SMILES string of the molecule is CCCCCC(C)(C)N1C=CC(N)=CC1N. The zero-order valence-electron chi connectivity index (χ0n) is 10.7. The zero-order valence-corrected chi connectivity index (χ0v) is 10.7. The van der Waals surface area contributed by atoms with E-state index in [0.717, 1.165) is 12.1 Å². The van der Waals surface area contributed by atoms with Gasteiger partial charge in [-0.15, -0.1) is 0 Å². The minimum Gasteiger partial charge on any atom is -0.399 e. The quantitative estimate of drug-likeness (QED) is 0.703. The van der Waals surface area contributed by atoms with Gasteiger partial charge in [0, 0.05) is 17.4 Å². The molecule has 0 spiro atoms. The van der Waals surface area contributed by atoms with Crippen LogP contribution in [0.4, 0.5) is 0 Å². The lowest BCUT2D eigenvalue weighted by Gasteiger charge is -2.42. The Balaban J connectivity index is 2.59. The largest absolute Gasteiger partial charge is 0.399 e. The van der Waals surface area contributed by atoms with Crippen molar-refractivity contribution < 1.29 is 0 Å². The van der Waals surface area contributed by atoms with E-state index in [1.807, 2.05) is 18.4 Å². The second-order valence-corrected chi connectivity index (χ2v) is 5.15. The van der Waals surface area contributed by atoms with Crippen molar-refractivity contribution >= 4 is 0 Å². The molecule has 0 aromatic carbocycles. The average molecular weight is 223 g/mol. The Morgan fingerprint density at radius 2 is 2.06 bits per heavy atom. The fraction of sp³-hybridized carbons (Fsp3) is 0.692. The zero-order chi connectivity index (χ0) is 12.2. The summed E-state index contributed by atoms with van der Waals surface area (Å²) in [6.07, 6.45) is 10.7. The molecular weight excluding hydrogens is 198 g/mol. The monoisotopic (exact) mass is 223 g/mol. The molecular formula is C13H25N3. The van der Waals surface area contributed by atoms with Gasteiger partial charge < -0.3 is 16.4 Å². The maximum atomic E-state index is 6.08. The van der Waals surface area contributed by atoms with Crippen LogP contribution in [0.1, 0.15) is 46.5 Å². The van der Waals surface area contributed by atoms with Crippen molar-refractivity contribution in [1.29, 1.82) is 0 Å². The summed E-state index contributed by atoms with van der Waals surface area (Å²) in [5.74, 6) is 0. The van der Waals surface area contributed by atoms with Gasteiger partial charge in [0.1, 0.15) is 0 Å². The molecule has 1 rings (SSSR count). The summed E-state index contributed by atoms with van der Waals surface area (Å²) in [4.78, 5) is 2.19. The van der Waals surface area contributed by atoms with Crippen molar-refractivity contribution in [2.75, 3.05) is 0 Å². The van der Waals surface area contributed by atoms with Crippen LogP contribution in [0.3, 0.4) is 0 Å². The van der Waals surface area contributed by atoms with Crippen molar-refractivity contribution in [3.05, 3.63) is 24.0 Å². The van der Waals surface area contributed by atoms with Crippen LogP contribution in [-0.2, 0) is 0 Å². The number of nitrogens with zero attached hydrogens (tertiary/aromatic N) is 1. The highest BCUT2D eigenvalue weighted by Gasteiger charge is 2.28. The van der Waals surface area contributed by atoms with Crippen LogP contribution in [0, 0.1) is 0 Å². The highest BCUT2D eigenvalue weighted by Crippen LogP contribution is 2.26. The van der Waals surface area contributed by atoms with Gasteiger partial charge in [-0.2, -0.15) is 0 Å². The molecule has 0 fully saturated rings. The minimum atomic E-state index is -0.0957. The van der Waals surface area contributed by atoms with Crippen LogP contribution in [0.25, 0.3) is 0 Å². The molecule has 1 heterocycles. The molecule has 0 radical (unpaired) electrons. The van der Waals surface area contributed by atoms with Gasteiger partial charge in [0.2, 0.25) is 0 Å². The van der Waals surface area contributed by atoms with Crippen molar-refractivity contribution in [3.8, 4) is 0 Å². The van der Waals surface area contributed by atoms with E-state index in [9.17, 15) is 0 Å². The van der Waals surface area contributed by atoms with E-state index in [0.29, 0.717) is 0 Å². The molecule has 0 aromatic heterocycles. The summed E-state index contributed by atoms with van der Waals surface area (Å²) >= 11 is 0. The first-order chi connectivity index (χ1) is 7.47. The molecule has 4 N–H and O–H groups in total. The van der Waals surface area contributed by atoms with Crippen molar-refractivity contribution in [2.24, 2.45) is 11.5 Å². The summed E-state index contributed by atoms with van der Waals surface area (Å²) < 4.78 is 0. The van der Waals surface area contributed by atoms with Gasteiger partial charge in [0.15, 0.2) is 0 Å². The smallest absolute Gasteiger partial charge is 0.0984 e. The number of unbranched alkanes of at least 4 members (excludes halogenated alkanes) is 2. The molecule has 1 aliphatic rings. The summed E-state index contributed by atoms with van der Waals surface area (Å²) in [6.45, 7) is 6.70. The number of hydrogen-bond donors (Lipinski definition) is 2. The first-order valence-electron chi connectivity index (χ1n) is 6.17. The number of allylic oxidation sites excluding steroid dienone is 1. The van der Waals surface area contributed by atoms with Crippen LogP contribution in [-0.4, -0.2) is 16.6 Å². The highest BCUT2D eigenvalue weighted by molar-refractivity contribution is 5.22. The molecule has 0 saturated carbocycles. The molecule has 0 aromatic rings. The Morgan fingerprint density at radius 3 is 2.62 bits per heavy atom. The van der Waals surface area contributed by atoms with Crippen LogP contribution in [0.5, 0.6) is 0 Å². The van der Waals surface area contributed by atoms with E-state index in [1.54, 1.807) is 0 Å². The Bertz CT molecular complexity index is 279. The topological polar surface area (TPSA) is 55.3 Å². The van der Waals surface area contributed by atoms with Gasteiger partial charge in [0.25, 0.3) is 0 Å². The molecule has 3 heteroatoms. The van der Waals surface area contributed by atoms with E-state index in [-0.39, 0.29) is 11.7 Å². The molecule has 3 nitrogen and oxygen atoms in total.